The van der Waals surface area contributed by atoms with Crippen LogP contribution in [0.15, 0.2) is 36.5 Å². The lowest BCUT2D eigenvalue weighted by Crippen LogP contribution is -2.47. The molecule has 2 fully saturated rings. The van der Waals surface area contributed by atoms with E-state index >= 15 is 0 Å². The van der Waals surface area contributed by atoms with Crippen molar-refractivity contribution in [2.24, 2.45) is 5.92 Å². The third kappa shape index (κ3) is 5.68. The Bertz CT molecular complexity index is 1190. The van der Waals surface area contributed by atoms with Gasteiger partial charge in [-0.1, -0.05) is 48.9 Å². The average Bonchev–Trinajstić information content (AvgIpc) is 3.62. The fourth-order valence-corrected chi connectivity index (χ4v) is 4.86. The van der Waals surface area contributed by atoms with Gasteiger partial charge in [-0.15, -0.1) is 0 Å². The lowest BCUT2D eigenvalue weighted by Gasteiger charge is -2.35. The Kier molecular flexibility index (Phi) is 7.50. The van der Waals surface area contributed by atoms with Crippen molar-refractivity contribution in [1.29, 1.82) is 0 Å². The Hall–Kier alpha value is -2.62. The van der Waals surface area contributed by atoms with E-state index in [1.54, 1.807) is 11.9 Å². The Labute approximate surface area is 215 Å². The van der Waals surface area contributed by atoms with Gasteiger partial charge in [-0.25, -0.2) is 13.8 Å². The molecule has 3 aromatic rings. The van der Waals surface area contributed by atoms with Gasteiger partial charge >= 0.3 is 6.01 Å². The molecule has 0 N–H and O–H groups in total. The molecular weight excluding hydrogens is 486 g/mol. The highest BCUT2D eigenvalue weighted by Crippen LogP contribution is 2.37. The number of nitrogens with zero attached hydrogens (tertiary/aromatic N) is 6. The molecule has 2 aromatic heterocycles. The van der Waals surface area contributed by atoms with Gasteiger partial charge in [0.25, 0.3) is 0 Å². The fraction of sp³-hybridized carbons (Fsp3) is 0.500. The van der Waals surface area contributed by atoms with Gasteiger partial charge in [0.15, 0.2) is 11.0 Å². The molecule has 0 bridgehead atoms. The number of piperazine rings is 1. The number of pyridine rings is 1. The predicted molar refractivity (Wildman–Crippen MR) is 137 cm³/mol. The molecule has 7 nitrogen and oxygen atoms in total. The Morgan fingerprint density at radius 2 is 1.83 bits per heavy atom. The van der Waals surface area contributed by atoms with E-state index < -0.39 is 12.0 Å². The number of hydrogen-bond acceptors (Lipinski definition) is 7. The maximum Gasteiger partial charge on any atom is 0.319 e. The molecule has 36 heavy (non-hydrogen) atoms. The molecule has 1 aromatic carbocycles. The zero-order chi connectivity index (χ0) is 25.2. The second-order valence-electron chi connectivity index (χ2n) is 9.86. The standard InChI is InChI=1S/C26H31ClF2N6O/c1-17(14-34-8-10-35(11-9-34)15-18-6-4-3-5-7-18)16-36-26-31-23-19(13-30-24(27)22(23)29)25(32-26)33(2)21-12-20(21)28/h3-7,13,17,20-21H,8-12,14-16H2,1-2H3/t17-,20+,21+/m1/s1. The summed E-state index contributed by atoms with van der Waals surface area (Å²) in [5, 5.41) is 0.114. The van der Waals surface area contributed by atoms with Crippen LogP contribution in [0.5, 0.6) is 6.01 Å². The van der Waals surface area contributed by atoms with Crippen molar-refractivity contribution in [3.05, 3.63) is 53.1 Å². The van der Waals surface area contributed by atoms with E-state index in [1.165, 1.54) is 11.8 Å². The van der Waals surface area contributed by atoms with E-state index in [-0.39, 0.29) is 28.6 Å². The number of alkyl halides is 1. The third-order valence-corrected chi connectivity index (χ3v) is 7.16. The van der Waals surface area contributed by atoms with Crippen LogP contribution in [-0.2, 0) is 6.54 Å². The smallest absolute Gasteiger partial charge is 0.319 e. The minimum Gasteiger partial charge on any atom is -0.463 e. The Morgan fingerprint density at radius 1 is 1.14 bits per heavy atom. The highest BCUT2D eigenvalue weighted by Gasteiger charge is 2.42. The molecule has 0 amide bonds. The summed E-state index contributed by atoms with van der Waals surface area (Å²) >= 11 is 5.89. The van der Waals surface area contributed by atoms with Crippen molar-refractivity contribution < 1.29 is 13.5 Å². The molecule has 3 heterocycles. The van der Waals surface area contributed by atoms with Gasteiger partial charge in [0.05, 0.1) is 18.0 Å². The van der Waals surface area contributed by atoms with E-state index in [1.807, 2.05) is 6.07 Å². The summed E-state index contributed by atoms with van der Waals surface area (Å²) in [6.07, 6.45) is 0.909. The molecule has 0 unspecified atom stereocenters. The number of anilines is 1. The first-order chi connectivity index (χ1) is 17.4. The summed E-state index contributed by atoms with van der Waals surface area (Å²) in [4.78, 5) is 19.3. The maximum absolute atomic E-state index is 14.7. The number of aromatic nitrogens is 3. The highest BCUT2D eigenvalue weighted by molar-refractivity contribution is 6.30. The second kappa shape index (κ2) is 10.8. The molecule has 2 aliphatic rings. The summed E-state index contributed by atoms with van der Waals surface area (Å²) in [7, 11) is 1.74. The maximum atomic E-state index is 14.7. The van der Waals surface area contributed by atoms with Crippen molar-refractivity contribution >= 4 is 28.3 Å². The molecule has 1 aliphatic heterocycles. The van der Waals surface area contributed by atoms with Gasteiger partial charge < -0.3 is 14.5 Å². The van der Waals surface area contributed by atoms with Crippen LogP contribution >= 0.6 is 11.6 Å². The minimum absolute atomic E-state index is 0.0279. The largest absolute Gasteiger partial charge is 0.463 e. The van der Waals surface area contributed by atoms with Crippen LogP contribution < -0.4 is 9.64 Å². The third-order valence-electron chi connectivity index (χ3n) is 6.89. The van der Waals surface area contributed by atoms with Crippen molar-refractivity contribution in [2.45, 2.75) is 32.1 Å². The first-order valence-electron chi connectivity index (χ1n) is 12.4. The van der Waals surface area contributed by atoms with Crippen LogP contribution in [-0.4, -0.2) is 83.3 Å². The quantitative estimate of drug-likeness (QED) is 0.395. The first kappa shape index (κ1) is 25.0. The molecular formula is C26H31ClF2N6O. The summed E-state index contributed by atoms with van der Waals surface area (Å²) in [5.74, 6) is -0.119. The van der Waals surface area contributed by atoms with E-state index in [4.69, 9.17) is 16.3 Å². The van der Waals surface area contributed by atoms with E-state index in [9.17, 15) is 8.78 Å². The molecule has 1 aliphatic carbocycles. The summed E-state index contributed by atoms with van der Waals surface area (Å²) in [6, 6.07) is 10.3. The van der Waals surface area contributed by atoms with E-state index in [0.717, 1.165) is 39.3 Å². The average molecular weight is 517 g/mol. The van der Waals surface area contributed by atoms with Crippen LogP contribution in [0.4, 0.5) is 14.6 Å². The van der Waals surface area contributed by atoms with Crippen LogP contribution in [0.25, 0.3) is 10.9 Å². The van der Waals surface area contributed by atoms with E-state index in [0.29, 0.717) is 24.2 Å². The second-order valence-corrected chi connectivity index (χ2v) is 10.2. The van der Waals surface area contributed by atoms with Crippen molar-refractivity contribution in [1.82, 2.24) is 24.8 Å². The summed E-state index contributed by atoms with van der Waals surface area (Å²) in [6.45, 7) is 8.41. The van der Waals surface area contributed by atoms with Gasteiger partial charge in [0.2, 0.25) is 0 Å². The van der Waals surface area contributed by atoms with Crippen molar-refractivity contribution in [3.8, 4) is 6.01 Å². The summed E-state index contributed by atoms with van der Waals surface area (Å²) < 4.78 is 34.4. The number of benzene rings is 1. The predicted octanol–water partition coefficient (Wildman–Crippen LogP) is 4.20. The Morgan fingerprint density at radius 3 is 2.53 bits per heavy atom. The van der Waals surface area contributed by atoms with Gasteiger partial charge in [-0.05, 0) is 5.56 Å². The van der Waals surface area contributed by atoms with Gasteiger partial charge in [0, 0.05) is 64.9 Å². The number of halogens is 3. The van der Waals surface area contributed by atoms with Crippen LogP contribution in [0.1, 0.15) is 18.9 Å². The normalized spacial score (nSPS) is 21.5. The van der Waals surface area contributed by atoms with Crippen molar-refractivity contribution in [2.75, 3.05) is 51.3 Å². The molecule has 0 radical (unpaired) electrons. The van der Waals surface area contributed by atoms with Crippen LogP contribution in [0, 0.1) is 11.7 Å². The van der Waals surface area contributed by atoms with Gasteiger partial charge in [-0.2, -0.15) is 9.97 Å². The van der Waals surface area contributed by atoms with Crippen molar-refractivity contribution in [3.63, 3.8) is 0 Å². The molecule has 192 valence electrons. The number of hydrogen-bond donors (Lipinski definition) is 0. The lowest BCUT2D eigenvalue weighted by molar-refractivity contribution is 0.103. The zero-order valence-corrected chi connectivity index (χ0v) is 21.3. The highest BCUT2D eigenvalue weighted by atomic mass is 35.5. The lowest BCUT2D eigenvalue weighted by atomic mass is 10.1. The van der Waals surface area contributed by atoms with E-state index in [2.05, 4.69) is 55.9 Å². The molecule has 0 spiro atoms. The molecule has 10 heteroatoms. The topological polar surface area (TPSA) is 57.6 Å². The van der Waals surface area contributed by atoms with Gasteiger partial charge in [0.1, 0.15) is 17.5 Å². The number of ether oxygens (including phenoxy) is 1. The molecule has 1 saturated carbocycles. The molecule has 3 atom stereocenters. The monoisotopic (exact) mass is 516 g/mol. The SMILES string of the molecule is C[C@@H](COc1nc(N(C)[C@H]2C[C@@H]2F)c2cnc(Cl)c(F)c2n1)CN1CCN(Cc2ccccc2)CC1. The Balaban J connectivity index is 1.19. The molecule has 1 saturated heterocycles. The first-order valence-corrected chi connectivity index (χ1v) is 12.8. The fourth-order valence-electron chi connectivity index (χ4n) is 4.72. The van der Waals surface area contributed by atoms with Gasteiger partial charge in [-0.3, -0.25) is 4.90 Å². The number of rotatable bonds is 9. The molecule has 5 rings (SSSR count). The van der Waals surface area contributed by atoms with Crippen LogP contribution in [0.2, 0.25) is 5.15 Å². The number of fused-ring (bicyclic) bond motifs is 1. The zero-order valence-electron chi connectivity index (χ0n) is 20.6. The summed E-state index contributed by atoms with van der Waals surface area (Å²) in [5.41, 5.74) is 1.37. The minimum atomic E-state index is -0.928. The van der Waals surface area contributed by atoms with Crippen LogP contribution in [0.3, 0.4) is 0 Å².